The van der Waals surface area contributed by atoms with Crippen molar-refractivity contribution >= 4 is 39.1 Å². The maximum Gasteiger partial charge on any atom is 0.121 e. The van der Waals surface area contributed by atoms with Crippen LogP contribution in [0.2, 0.25) is 0 Å². The zero-order chi connectivity index (χ0) is 25.5. The van der Waals surface area contributed by atoms with E-state index in [0.717, 1.165) is 0 Å². The van der Waals surface area contributed by atoms with E-state index in [-0.39, 0.29) is 0 Å². The molecule has 0 aromatic heterocycles. The third kappa shape index (κ3) is 10.8. The highest BCUT2D eigenvalue weighted by Gasteiger charge is 2.55. The zero-order valence-corrected chi connectivity index (χ0v) is 18.8. The second-order valence-electron chi connectivity index (χ2n) is 5.58. The van der Waals surface area contributed by atoms with Gasteiger partial charge in [0.05, 0.1) is 39.1 Å². The van der Waals surface area contributed by atoms with Gasteiger partial charge in [0.2, 0.25) is 0 Å². The highest BCUT2D eigenvalue weighted by atomic mass is 31.2. The first kappa shape index (κ1) is 30.5. The van der Waals surface area contributed by atoms with Crippen molar-refractivity contribution in [1.82, 2.24) is 0 Å². The molecule has 26 heteroatoms. The number of aliphatic hydroxyl groups excluding tert-OH is 1. The van der Waals surface area contributed by atoms with E-state index in [1.165, 1.54) is 0 Å². The lowest BCUT2D eigenvalue weighted by molar-refractivity contribution is -0.384. The molecule has 1 aliphatic carbocycles. The molecule has 1 N–H and O–H groups in total. The fourth-order valence-electron chi connectivity index (χ4n) is 2.49. The van der Waals surface area contributed by atoms with Crippen LogP contribution in [0.1, 0.15) is 0 Å². The largest absolute Gasteiger partial charge is 0.790 e. The topological polar surface area (TPSA) is 382 Å². The highest BCUT2D eigenvalue weighted by molar-refractivity contribution is 7.44. The third-order valence-corrected chi connectivity index (χ3v) is 5.73. The van der Waals surface area contributed by atoms with E-state index in [9.17, 15) is 76.9 Å². The van der Waals surface area contributed by atoms with Crippen LogP contribution in [-0.4, -0.2) is 41.7 Å². The van der Waals surface area contributed by atoms with Crippen LogP contribution >= 0.6 is 39.1 Å². The van der Waals surface area contributed by atoms with Crippen molar-refractivity contribution in [1.29, 1.82) is 0 Å². The van der Waals surface area contributed by atoms with Gasteiger partial charge < -0.3 is 99.5 Å². The molecule has 6 atom stereocenters. The van der Waals surface area contributed by atoms with Crippen molar-refractivity contribution in [3.8, 4) is 0 Å². The molecule has 0 amide bonds. The predicted molar refractivity (Wildman–Crippen MR) is 68.4 cm³/mol. The molecule has 0 aliphatic heterocycles. The van der Waals surface area contributed by atoms with Gasteiger partial charge in [-0.3, -0.25) is 0 Å². The fourth-order valence-corrected chi connectivity index (χ4v) is 5.19. The molecule has 1 rings (SSSR count). The Morgan fingerprint density at radius 2 is 0.562 bits per heavy atom. The Labute approximate surface area is 176 Å². The van der Waals surface area contributed by atoms with Gasteiger partial charge in [0.1, 0.15) is 36.6 Å². The summed E-state index contributed by atoms with van der Waals surface area (Å²) in [5, 5.41) is 10.0. The zero-order valence-electron chi connectivity index (χ0n) is 14.3. The smallest absolute Gasteiger partial charge is 0.121 e. The number of phosphoric ester groups is 5. The summed E-state index contributed by atoms with van der Waals surface area (Å²) in [6.45, 7) is 0. The summed E-state index contributed by atoms with van der Waals surface area (Å²) in [4.78, 5) is 109. The van der Waals surface area contributed by atoms with E-state index in [2.05, 4.69) is 22.6 Å². The Balaban J connectivity index is 3.77. The minimum Gasteiger partial charge on any atom is -0.790 e. The van der Waals surface area contributed by atoms with E-state index in [0.29, 0.717) is 0 Å². The van der Waals surface area contributed by atoms with E-state index in [4.69, 9.17) is 0 Å². The van der Waals surface area contributed by atoms with Crippen LogP contribution in [0.15, 0.2) is 0 Å². The predicted octanol–water partition coefficient (Wildman–Crippen LogP) is -9.57. The maximum atomic E-state index is 11.0. The molecule has 1 aliphatic rings. The summed E-state index contributed by atoms with van der Waals surface area (Å²) in [7, 11) is -32.2. The lowest BCUT2D eigenvalue weighted by Crippen LogP contribution is -2.67. The van der Waals surface area contributed by atoms with Crippen LogP contribution in [0.25, 0.3) is 0 Å². The molecule has 21 nitrogen and oxygen atoms in total. The van der Waals surface area contributed by atoms with Crippen molar-refractivity contribution in [2.75, 3.05) is 0 Å². The minimum absolute atomic E-state index is 3.20. The molecule has 32 heavy (non-hydrogen) atoms. The van der Waals surface area contributed by atoms with Crippen molar-refractivity contribution < 1.29 is 99.5 Å². The normalized spacial score (nSPS) is 31.0. The molecule has 0 saturated heterocycles. The number of phosphoric acid groups is 5. The third-order valence-electron chi connectivity index (χ3n) is 3.22. The SMILES string of the molecule is O=P([O-])([O-])OC1[C@@H](OP(=O)([O-])[O-])[C@H](OP(=O)([O-])[O-])C(O)[C@@H](OP(=O)([O-])[O-])[C@H]1OP(=O)([O-])[O-]. The molecule has 0 aromatic carbocycles. The number of rotatable bonds is 10. The highest BCUT2D eigenvalue weighted by Crippen LogP contribution is 2.49. The first-order chi connectivity index (χ1) is 13.9. The van der Waals surface area contributed by atoms with E-state index >= 15 is 0 Å². The lowest BCUT2D eigenvalue weighted by atomic mass is 9.85. The Morgan fingerprint density at radius 1 is 0.406 bits per heavy atom. The molecule has 0 radical (unpaired) electrons. The van der Waals surface area contributed by atoms with Gasteiger partial charge in [0.25, 0.3) is 0 Å². The average Bonchev–Trinajstić information content (AvgIpc) is 2.45. The van der Waals surface area contributed by atoms with Gasteiger partial charge in [-0.15, -0.1) is 0 Å². The number of hydrogen-bond donors (Lipinski definition) is 1. The van der Waals surface area contributed by atoms with Gasteiger partial charge in [0, 0.05) is 0 Å². The van der Waals surface area contributed by atoms with Crippen molar-refractivity contribution in [2.45, 2.75) is 36.6 Å². The van der Waals surface area contributed by atoms with Gasteiger partial charge in [0.15, 0.2) is 0 Å². The summed E-state index contributed by atoms with van der Waals surface area (Å²) >= 11 is 0. The first-order valence-electron chi connectivity index (χ1n) is 7.09. The van der Waals surface area contributed by atoms with Gasteiger partial charge in [-0.2, -0.15) is 0 Å². The van der Waals surface area contributed by atoms with Gasteiger partial charge in [-0.25, -0.2) is 0 Å². The molecule has 0 aromatic rings. The van der Waals surface area contributed by atoms with E-state index < -0.39 is 75.7 Å². The molecular weight excluding hydrogens is 563 g/mol. The second-order valence-corrected chi connectivity index (χ2v) is 11.1. The van der Waals surface area contributed by atoms with Crippen LogP contribution in [0.5, 0.6) is 0 Å². The second kappa shape index (κ2) is 10.2. The Morgan fingerprint density at radius 3 is 0.750 bits per heavy atom. The van der Waals surface area contributed by atoms with Crippen molar-refractivity contribution in [2.24, 2.45) is 0 Å². The van der Waals surface area contributed by atoms with Crippen LogP contribution in [0.3, 0.4) is 0 Å². The average molecular weight is 570 g/mol. The van der Waals surface area contributed by atoms with Crippen LogP contribution < -0.4 is 48.9 Å². The van der Waals surface area contributed by atoms with Crippen LogP contribution in [0, 0.1) is 0 Å². The fraction of sp³-hybridized carbons (Fsp3) is 1.00. The van der Waals surface area contributed by atoms with E-state index in [1.807, 2.05) is 0 Å². The van der Waals surface area contributed by atoms with Gasteiger partial charge >= 0.3 is 0 Å². The summed E-state index contributed by atoms with van der Waals surface area (Å²) < 4.78 is 73.0. The minimum atomic E-state index is -6.51. The van der Waals surface area contributed by atoms with Crippen molar-refractivity contribution in [3.63, 3.8) is 0 Å². The van der Waals surface area contributed by atoms with Gasteiger partial charge in [-0.1, -0.05) is 0 Å². The summed E-state index contributed by atoms with van der Waals surface area (Å²) in [5.74, 6) is 0. The standard InChI is InChI=1S/C6H17O21P5/c7-1-2(23-28(8,9)10)4(25-30(14,15)16)6(27-32(20,21)22)5(26-31(17,18)19)3(1)24-29(11,12)13/h1-7H,(H2,8,9,10)(H2,11,12,13)(H2,14,15,16)(H2,17,18,19)(H2,20,21,22)/p-10/t1?,2-,3-,4-,5+,6?/m1/s1. The molecule has 0 heterocycles. The van der Waals surface area contributed by atoms with E-state index in [1.54, 1.807) is 0 Å². The molecule has 192 valence electrons. The molecule has 1 saturated carbocycles. The van der Waals surface area contributed by atoms with Crippen LogP contribution in [0.4, 0.5) is 0 Å². The molecular formula is C6H7O21P5-10. The summed E-state index contributed by atoms with van der Waals surface area (Å²) in [6, 6.07) is 0. The Kier molecular flexibility index (Phi) is 9.78. The lowest BCUT2D eigenvalue weighted by Gasteiger charge is -2.55. The number of aliphatic hydroxyl groups is 1. The first-order valence-corrected chi connectivity index (χ1v) is 14.4. The Hall–Kier alpha value is 0.510. The molecule has 2 unspecified atom stereocenters. The molecule has 0 bridgehead atoms. The van der Waals surface area contributed by atoms with Crippen LogP contribution in [-0.2, 0) is 45.4 Å². The molecule has 0 spiro atoms. The monoisotopic (exact) mass is 570 g/mol. The maximum absolute atomic E-state index is 11.0. The quantitative estimate of drug-likeness (QED) is 0.238. The summed E-state index contributed by atoms with van der Waals surface area (Å²) in [5.41, 5.74) is 0. The van der Waals surface area contributed by atoms with Gasteiger partial charge in [-0.05, 0) is 0 Å². The molecule has 1 fully saturated rings. The summed E-state index contributed by atoms with van der Waals surface area (Å²) in [6.07, 6.45) is -19.5. The Bertz CT molecular complexity index is 824. The number of hydrogen-bond acceptors (Lipinski definition) is 21. The van der Waals surface area contributed by atoms with Crippen molar-refractivity contribution in [3.05, 3.63) is 0 Å².